The van der Waals surface area contributed by atoms with E-state index >= 15 is 0 Å². The number of carbonyl (C=O) groups is 1. The average Bonchev–Trinajstić information content (AvgIpc) is 2.53. The summed E-state index contributed by atoms with van der Waals surface area (Å²) in [6.07, 6.45) is 9.22. The van der Waals surface area contributed by atoms with Crippen molar-refractivity contribution in [3.8, 4) is 0 Å². The SMILES string of the molecule is C[C@@H](N[C@@H](CC12CC3CC(CC(C3)C1)C2)C(N)=O)c1ccccc1. The Bertz CT molecular complexity index is 562. The van der Waals surface area contributed by atoms with Crippen molar-refractivity contribution in [3.63, 3.8) is 0 Å². The molecule has 0 saturated heterocycles. The summed E-state index contributed by atoms with van der Waals surface area (Å²) in [6, 6.07) is 10.3. The topological polar surface area (TPSA) is 55.1 Å². The van der Waals surface area contributed by atoms with Gasteiger partial charge in [-0.05, 0) is 80.6 Å². The smallest absolute Gasteiger partial charge is 0.234 e. The highest BCUT2D eigenvalue weighted by atomic mass is 16.1. The second-order valence-electron chi connectivity index (χ2n) is 8.88. The van der Waals surface area contributed by atoms with Crippen molar-refractivity contribution < 1.29 is 4.79 Å². The monoisotopic (exact) mass is 326 g/mol. The van der Waals surface area contributed by atoms with Crippen LogP contribution in [0.3, 0.4) is 0 Å². The third-order valence-corrected chi connectivity index (χ3v) is 6.90. The molecule has 0 heterocycles. The first-order valence-electron chi connectivity index (χ1n) is 9.63. The Balaban J connectivity index is 1.47. The molecule has 2 atom stereocenters. The molecule has 0 radical (unpaired) electrons. The molecule has 4 aliphatic rings. The van der Waals surface area contributed by atoms with Crippen LogP contribution in [0.2, 0.25) is 0 Å². The number of hydrogen-bond acceptors (Lipinski definition) is 2. The lowest BCUT2D eigenvalue weighted by atomic mass is 9.48. The van der Waals surface area contributed by atoms with Crippen LogP contribution in [0.4, 0.5) is 0 Å². The Morgan fingerprint density at radius 3 is 2.17 bits per heavy atom. The number of benzene rings is 1. The number of rotatable bonds is 6. The van der Waals surface area contributed by atoms with Gasteiger partial charge >= 0.3 is 0 Å². The van der Waals surface area contributed by atoms with Crippen molar-refractivity contribution in [2.75, 3.05) is 0 Å². The molecule has 4 aliphatic carbocycles. The van der Waals surface area contributed by atoms with Gasteiger partial charge in [0.15, 0.2) is 0 Å². The standard InChI is InChI=1S/C21H30N2O/c1-14(18-5-3-2-4-6-18)23-19(20(22)24)13-21-10-15-7-16(11-21)9-17(8-15)12-21/h2-6,14-17,19,23H,7-13H2,1H3,(H2,22,24)/t14-,15?,16?,17?,19+,21?/m1/s1. The zero-order chi connectivity index (χ0) is 16.7. The molecule has 130 valence electrons. The number of hydrogen-bond donors (Lipinski definition) is 2. The van der Waals surface area contributed by atoms with Gasteiger partial charge in [0, 0.05) is 6.04 Å². The Morgan fingerprint density at radius 1 is 1.12 bits per heavy atom. The third kappa shape index (κ3) is 3.11. The lowest BCUT2D eigenvalue weighted by Crippen LogP contribution is -2.52. The van der Waals surface area contributed by atoms with Gasteiger partial charge in [-0.15, -0.1) is 0 Å². The minimum Gasteiger partial charge on any atom is -0.368 e. The van der Waals surface area contributed by atoms with E-state index < -0.39 is 0 Å². The molecule has 3 N–H and O–H groups in total. The van der Waals surface area contributed by atoms with Gasteiger partial charge in [0.05, 0.1) is 6.04 Å². The maximum Gasteiger partial charge on any atom is 0.234 e. The highest BCUT2D eigenvalue weighted by molar-refractivity contribution is 5.80. The van der Waals surface area contributed by atoms with Crippen molar-refractivity contribution in [3.05, 3.63) is 35.9 Å². The maximum atomic E-state index is 12.2. The molecule has 5 rings (SSSR count). The van der Waals surface area contributed by atoms with Gasteiger partial charge < -0.3 is 5.73 Å². The Kier molecular flexibility index (Phi) is 4.16. The van der Waals surface area contributed by atoms with Crippen LogP contribution in [-0.4, -0.2) is 11.9 Å². The van der Waals surface area contributed by atoms with Gasteiger partial charge in [-0.2, -0.15) is 0 Å². The minimum absolute atomic E-state index is 0.151. The van der Waals surface area contributed by atoms with Crippen LogP contribution >= 0.6 is 0 Å². The summed E-state index contributed by atoms with van der Waals surface area (Å²) >= 11 is 0. The van der Waals surface area contributed by atoms with Crippen LogP contribution in [0.15, 0.2) is 30.3 Å². The van der Waals surface area contributed by atoms with E-state index in [2.05, 4.69) is 24.4 Å². The molecular formula is C21H30N2O. The molecule has 3 nitrogen and oxygen atoms in total. The summed E-state index contributed by atoms with van der Waals surface area (Å²) in [5.74, 6) is 2.55. The predicted molar refractivity (Wildman–Crippen MR) is 96.2 cm³/mol. The first kappa shape index (κ1) is 16.1. The fourth-order valence-electron chi connectivity index (χ4n) is 6.35. The lowest BCUT2D eigenvalue weighted by Gasteiger charge is -2.57. The van der Waals surface area contributed by atoms with Gasteiger partial charge in [0.25, 0.3) is 0 Å². The summed E-state index contributed by atoms with van der Waals surface area (Å²) in [6.45, 7) is 2.13. The molecule has 24 heavy (non-hydrogen) atoms. The molecule has 0 aromatic heterocycles. The minimum atomic E-state index is -0.212. The summed E-state index contributed by atoms with van der Waals surface area (Å²) < 4.78 is 0. The second-order valence-corrected chi connectivity index (χ2v) is 8.88. The van der Waals surface area contributed by atoms with Gasteiger partial charge in [-0.3, -0.25) is 10.1 Å². The zero-order valence-electron chi connectivity index (χ0n) is 14.7. The molecule has 0 unspecified atom stereocenters. The van der Waals surface area contributed by atoms with Crippen LogP contribution in [-0.2, 0) is 4.79 Å². The van der Waals surface area contributed by atoms with E-state index in [4.69, 9.17) is 5.73 Å². The predicted octanol–water partition coefficient (Wildman–Crippen LogP) is 3.80. The molecule has 1 aromatic carbocycles. The molecule has 3 heteroatoms. The van der Waals surface area contributed by atoms with Crippen molar-refractivity contribution in [1.29, 1.82) is 0 Å². The summed E-state index contributed by atoms with van der Waals surface area (Å²) in [7, 11) is 0. The average molecular weight is 326 g/mol. The van der Waals surface area contributed by atoms with E-state index in [0.717, 1.165) is 24.2 Å². The normalized spacial score (nSPS) is 36.5. The summed E-state index contributed by atoms with van der Waals surface area (Å²) in [5.41, 5.74) is 7.38. The van der Waals surface area contributed by atoms with E-state index in [9.17, 15) is 4.79 Å². The molecule has 0 spiro atoms. The van der Waals surface area contributed by atoms with Crippen LogP contribution < -0.4 is 11.1 Å². The van der Waals surface area contributed by atoms with E-state index in [1.807, 2.05) is 18.2 Å². The second kappa shape index (κ2) is 6.18. The lowest BCUT2D eigenvalue weighted by molar-refractivity contribution is -0.123. The van der Waals surface area contributed by atoms with Crippen LogP contribution in [0, 0.1) is 23.2 Å². The third-order valence-electron chi connectivity index (χ3n) is 6.90. The van der Waals surface area contributed by atoms with Crippen molar-refractivity contribution in [2.24, 2.45) is 28.9 Å². The molecule has 1 aromatic rings. The number of carbonyl (C=O) groups excluding carboxylic acids is 1. The Labute approximate surface area is 145 Å². The fourth-order valence-corrected chi connectivity index (χ4v) is 6.35. The maximum absolute atomic E-state index is 12.2. The molecule has 4 bridgehead atoms. The van der Waals surface area contributed by atoms with E-state index in [-0.39, 0.29) is 18.0 Å². The Morgan fingerprint density at radius 2 is 1.67 bits per heavy atom. The number of amides is 1. The van der Waals surface area contributed by atoms with E-state index in [1.54, 1.807) is 0 Å². The summed E-state index contributed by atoms with van der Waals surface area (Å²) in [5, 5.41) is 3.53. The number of nitrogens with one attached hydrogen (secondary N) is 1. The Hall–Kier alpha value is -1.35. The van der Waals surface area contributed by atoms with Crippen molar-refractivity contribution in [2.45, 2.75) is 64.0 Å². The van der Waals surface area contributed by atoms with Crippen LogP contribution in [0.25, 0.3) is 0 Å². The fraction of sp³-hybridized carbons (Fsp3) is 0.667. The van der Waals surface area contributed by atoms with Crippen molar-refractivity contribution >= 4 is 5.91 Å². The van der Waals surface area contributed by atoms with Gasteiger partial charge in [-0.1, -0.05) is 30.3 Å². The molecule has 0 aliphatic heterocycles. The first-order valence-corrected chi connectivity index (χ1v) is 9.63. The van der Waals surface area contributed by atoms with Gasteiger partial charge in [0.1, 0.15) is 0 Å². The van der Waals surface area contributed by atoms with E-state index in [0.29, 0.717) is 5.41 Å². The van der Waals surface area contributed by atoms with Crippen molar-refractivity contribution in [1.82, 2.24) is 5.32 Å². The molecule has 4 saturated carbocycles. The van der Waals surface area contributed by atoms with Crippen LogP contribution in [0.5, 0.6) is 0 Å². The molecule has 1 amide bonds. The quantitative estimate of drug-likeness (QED) is 0.835. The van der Waals surface area contributed by atoms with Gasteiger partial charge in [-0.25, -0.2) is 0 Å². The number of primary amides is 1. The largest absolute Gasteiger partial charge is 0.368 e. The first-order chi connectivity index (χ1) is 11.5. The molecular weight excluding hydrogens is 296 g/mol. The highest BCUT2D eigenvalue weighted by Crippen LogP contribution is 2.61. The molecule has 4 fully saturated rings. The summed E-state index contributed by atoms with van der Waals surface area (Å²) in [4.78, 5) is 12.2. The highest BCUT2D eigenvalue weighted by Gasteiger charge is 2.51. The van der Waals surface area contributed by atoms with Crippen LogP contribution in [0.1, 0.15) is 63.5 Å². The van der Waals surface area contributed by atoms with Gasteiger partial charge in [0.2, 0.25) is 5.91 Å². The zero-order valence-corrected chi connectivity index (χ0v) is 14.7. The number of nitrogens with two attached hydrogens (primary N) is 1. The van der Waals surface area contributed by atoms with E-state index in [1.165, 1.54) is 44.1 Å².